The predicted molar refractivity (Wildman–Crippen MR) is 98.1 cm³/mol. The van der Waals surface area contributed by atoms with Crippen molar-refractivity contribution in [3.8, 4) is 5.69 Å². The van der Waals surface area contributed by atoms with E-state index >= 15 is 0 Å². The summed E-state index contributed by atoms with van der Waals surface area (Å²) in [5, 5.41) is 18.7. The smallest absolute Gasteiger partial charge is 0.305 e. The summed E-state index contributed by atoms with van der Waals surface area (Å²) < 4.78 is 2.74. The molecule has 3 rings (SSSR count). The first kappa shape index (κ1) is 17.4. The molecule has 1 atom stereocenters. The van der Waals surface area contributed by atoms with E-state index in [2.05, 4.69) is 36.4 Å². The normalized spacial score (nSPS) is 18.8. The molecule has 2 aromatic rings. The molecule has 0 aliphatic carbocycles. The maximum absolute atomic E-state index is 11.6. The topological polar surface area (TPSA) is 109 Å². The number of benzene rings is 1. The van der Waals surface area contributed by atoms with Gasteiger partial charge in [-0.1, -0.05) is 17.8 Å². The second kappa shape index (κ2) is 7.62. The third kappa shape index (κ3) is 4.34. The first-order chi connectivity index (χ1) is 12.0. The van der Waals surface area contributed by atoms with Crippen LogP contribution in [0.15, 0.2) is 51.6 Å². The van der Waals surface area contributed by atoms with Crippen LogP contribution in [0.3, 0.4) is 0 Å². The molecule has 1 fully saturated rings. The molecule has 1 aromatic carbocycles. The molecule has 25 heavy (non-hydrogen) atoms. The van der Waals surface area contributed by atoms with E-state index in [1.54, 1.807) is 18.7 Å². The van der Waals surface area contributed by atoms with Crippen molar-refractivity contribution in [2.75, 3.05) is 0 Å². The van der Waals surface area contributed by atoms with Gasteiger partial charge >= 0.3 is 5.97 Å². The van der Waals surface area contributed by atoms with Crippen molar-refractivity contribution in [1.29, 1.82) is 0 Å². The fourth-order valence-electron chi connectivity index (χ4n) is 2.11. The van der Waals surface area contributed by atoms with Crippen molar-refractivity contribution in [2.45, 2.75) is 11.7 Å². The SMILES string of the molecule is O=C(O)CC1SC(=NN=Cc2ccc(-n3ccnc3)c(Br)c2)NC1=O. The maximum Gasteiger partial charge on any atom is 0.305 e. The molecule has 1 unspecified atom stereocenters. The average Bonchev–Trinajstić information content (AvgIpc) is 3.18. The molecule has 0 saturated carbocycles. The Bertz CT molecular complexity index is 866. The second-order valence-corrected chi connectivity index (χ2v) is 7.07. The Kier molecular flexibility index (Phi) is 5.29. The second-order valence-electron chi connectivity index (χ2n) is 5.02. The monoisotopic (exact) mass is 421 g/mol. The molecular weight excluding hydrogens is 410 g/mol. The van der Waals surface area contributed by atoms with E-state index < -0.39 is 11.2 Å². The van der Waals surface area contributed by atoms with Gasteiger partial charge < -0.3 is 15.0 Å². The quantitative estimate of drug-likeness (QED) is 0.566. The molecule has 0 radical (unpaired) electrons. The zero-order valence-corrected chi connectivity index (χ0v) is 15.1. The molecule has 2 heterocycles. The summed E-state index contributed by atoms with van der Waals surface area (Å²) in [6, 6.07) is 5.67. The summed E-state index contributed by atoms with van der Waals surface area (Å²) in [7, 11) is 0. The van der Waals surface area contributed by atoms with Crippen LogP contribution >= 0.6 is 27.7 Å². The van der Waals surface area contributed by atoms with Gasteiger partial charge in [-0.05, 0) is 33.6 Å². The fraction of sp³-hybridized carbons (Fsp3) is 0.133. The van der Waals surface area contributed by atoms with Crippen molar-refractivity contribution >= 4 is 51.0 Å². The van der Waals surface area contributed by atoms with E-state index in [0.717, 1.165) is 27.5 Å². The first-order valence-electron chi connectivity index (χ1n) is 7.11. The molecule has 1 aliphatic heterocycles. The van der Waals surface area contributed by atoms with E-state index in [-0.39, 0.29) is 12.3 Å². The minimum atomic E-state index is -1.03. The Morgan fingerprint density at radius 3 is 3.04 bits per heavy atom. The summed E-state index contributed by atoms with van der Waals surface area (Å²) in [5.74, 6) is -1.39. The number of halogens is 1. The van der Waals surface area contributed by atoms with Gasteiger partial charge in [-0.15, -0.1) is 5.10 Å². The molecule has 1 aromatic heterocycles. The van der Waals surface area contributed by atoms with Crippen molar-refractivity contribution in [3.63, 3.8) is 0 Å². The van der Waals surface area contributed by atoms with Gasteiger partial charge in [0.2, 0.25) is 5.91 Å². The Labute approximate surface area is 155 Å². The van der Waals surface area contributed by atoms with Gasteiger partial charge in [0.1, 0.15) is 5.25 Å². The molecule has 2 N–H and O–H groups in total. The van der Waals surface area contributed by atoms with Crippen LogP contribution < -0.4 is 5.32 Å². The highest BCUT2D eigenvalue weighted by atomic mass is 79.9. The number of hydrogen-bond donors (Lipinski definition) is 2. The number of hydrogen-bond acceptors (Lipinski definition) is 6. The van der Waals surface area contributed by atoms with Crippen LogP contribution in [0, 0.1) is 0 Å². The number of carbonyl (C=O) groups excluding carboxylic acids is 1. The van der Waals surface area contributed by atoms with E-state index in [9.17, 15) is 9.59 Å². The molecule has 10 heteroatoms. The van der Waals surface area contributed by atoms with E-state index in [0.29, 0.717) is 5.17 Å². The maximum atomic E-state index is 11.6. The Balaban J connectivity index is 1.68. The van der Waals surface area contributed by atoms with Crippen LogP contribution in [0.4, 0.5) is 0 Å². The van der Waals surface area contributed by atoms with Crippen molar-refractivity contribution in [2.24, 2.45) is 10.2 Å². The lowest BCUT2D eigenvalue weighted by Gasteiger charge is -2.05. The number of rotatable bonds is 5. The third-order valence-electron chi connectivity index (χ3n) is 3.25. The zero-order chi connectivity index (χ0) is 17.8. The number of carbonyl (C=O) groups is 2. The summed E-state index contributed by atoms with van der Waals surface area (Å²) in [6.45, 7) is 0. The lowest BCUT2D eigenvalue weighted by molar-refractivity contribution is -0.138. The molecule has 1 aliphatic rings. The van der Waals surface area contributed by atoms with Crippen LogP contribution in [0.1, 0.15) is 12.0 Å². The van der Waals surface area contributed by atoms with Crippen LogP contribution in [-0.4, -0.2) is 43.2 Å². The number of thioether (sulfide) groups is 1. The van der Waals surface area contributed by atoms with E-state index in [4.69, 9.17) is 5.11 Å². The number of amides is 1. The third-order valence-corrected chi connectivity index (χ3v) is 4.95. The van der Waals surface area contributed by atoms with Gasteiger partial charge in [0, 0.05) is 16.9 Å². The predicted octanol–water partition coefficient (Wildman–Crippen LogP) is 2.03. The summed E-state index contributed by atoms with van der Waals surface area (Å²) in [6.07, 6.45) is 6.54. The average molecular weight is 422 g/mol. The summed E-state index contributed by atoms with van der Waals surface area (Å²) in [5.41, 5.74) is 1.76. The minimum Gasteiger partial charge on any atom is -0.481 e. The van der Waals surface area contributed by atoms with Crippen molar-refractivity contribution < 1.29 is 14.7 Å². The highest BCUT2D eigenvalue weighted by Crippen LogP contribution is 2.23. The van der Waals surface area contributed by atoms with Gasteiger partial charge in [0.15, 0.2) is 5.17 Å². The van der Waals surface area contributed by atoms with Gasteiger partial charge in [-0.2, -0.15) is 5.10 Å². The number of aromatic nitrogens is 2. The van der Waals surface area contributed by atoms with Crippen LogP contribution in [0.25, 0.3) is 5.69 Å². The van der Waals surface area contributed by atoms with Crippen molar-refractivity contribution in [3.05, 3.63) is 47.0 Å². The fourth-order valence-corrected chi connectivity index (χ4v) is 3.62. The van der Waals surface area contributed by atoms with Crippen LogP contribution in [-0.2, 0) is 9.59 Å². The lowest BCUT2D eigenvalue weighted by atomic mass is 10.2. The Morgan fingerprint density at radius 1 is 1.52 bits per heavy atom. The Morgan fingerprint density at radius 2 is 2.36 bits per heavy atom. The summed E-state index contributed by atoms with van der Waals surface area (Å²) >= 11 is 4.56. The van der Waals surface area contributed by atoms with Gasteiger partial charge in [0.05, 0.1) is 24.7 Å². The van der Waals surface area contributed by atoms with Crippen LogP contribution in [0.5, 0.6) is 0 Å². The molecular formula is C15H12BrN5O3S. The lowest BCUT2D eigenvalue weighted by Crippen LogP contribution is -2.26. The number of imidazole rings is 1. The zero-order valence-electron chi connectivity index (χ0n) is 12.7. The molecule has 0 bridgehead atoms. The number of carboxylic acids is 1. The first-order valence-corrected chi connectivity index (χ1v) is 8.78. The van der Waals surface area contributed by atoms with Crippen molar-refractivity contribution in [1.82, 2.24) is 14.9 Å². The number of nitrogens with one attached hydrogen (secondary N) is 1. The van der Waals surface area contributed by atoms with E-state index in [1.165, 1.54) is 0 Å². The largest absolute Gasteiger partial charge is 0.481 e. The van der Waals surface area contributed by atoms with E-state index in [1.807, 2.05) is 29.0 Å². The number of carboxylic acid groups (broad SMARTS) is 1. The minimum absolute atomic E-state index is 0.248. The number of nitrogens with zero attached hydrogens (tertiary/aromatic N) is 4. The molecule has 1 saturated heterocycles. The molecule has 0 spiro atoms. The Hall–Kier alpha value is -2.46. The highest BCUT2D eigenvalue weighted by molar-refractivity contribution is 9.10. The van der Waals surface area contributed by atoms with Gasteiger partial charge in [-0.25, -0.2) is 4.98 Å². The highest BCUT2D eigenvalue weighted by Gasteiger charge is 2.32. The molecule has 8 nitrogen and oxygen atoms in total. The molecule has 1 amide bonds. The van der Waals surface area contributed by atoms with Crippen LogP contribution in [0.2, 0.25) is 0 Å². The standard InChI is InChI=1S/C15H12BrN5O3S/c16-10-5-9(1-2-11(10)21-4-3-17-8-21)7-18-20-15-19-14(24)12(25-15)6-13(22)23/h1-5,7-8,12H,6H2,(H,22,23)(H,19,20,24). The number of aliphatic carboxylic acids is 1. The van der Waals surface area contributed by atoms with Gasteiger partial charge in [0.25, 0.3) is 0 Å². The van der Waals surface area contributed by atoms with Gasteiger partial charge in [-0.3, -0.25) is 9.59 Å². The molecule has 128 valence electrons. The summed E-state index contributed by atoms with van der Waals surface area (Å²) in [4.78, 5) is 26.3. The number of amidine groups is 1.